The third kappa shape index (κ3) is 2.91. The Morgan fingerprint density at radius 2 is 1.62 bits per heavy atom. The topological polar surface area (TPSA) is 3.24 Å². The van der Waals surface area contributed by atoms with Crippen LogP contribution >= 0.6 is 23.2 Å². The Kier molecular flexibility index (Phi) is 4.12. The summed E-state index contributed by atoms with van der Waals surface area (Å²) in [5.74, 6) is 0. The first kappa shape index (κ1) is 12.2. The van der Waals surface area contributed by atoms with Crippen molar-refractivity contribution < 1.29 is 0 Å². The summed E-state index contributed by atoms with van der Waals surface area (Å²) in [4.78, 5) is 2.47. The number of benzene rings is 1. The molecule has 1 aliphatic rings. The molecule has 1 fully saturated rings. The SMILES string of the molecule is Cc1c(Cl)cc(CN2CCCCC2)cc1Cl. The zero-order valence-corrected chi connectivity index (χ0v) is 11.1. The first-order valence-electron chi connectivity index (χ1n) is 5.83. The van der Waals surface area contributed by atoms with Gasteiger partial charge in [-0.15, -0.1) is 0 Å². The van der Waals surface area contributed by atoms with Gasteiger partial charge in [0, 0.05) is 16.6 Å². The van der Waals surface area contributed by atoms with Crippen molar-refractivity contribution in [2.75, 3.05) is 13.1 Å². The van der Waals surface area contributed by atoms with Crippen LogP contribution in [0.25, 0.3) is 0 Å². The summed E-state index contributed by atoms with van der Waals surface area (Å²) in [6.07, 6.45) is 3.99. The molecule has 0 radical (unpaired) electrons. The van der Waals surface area contributed by atoms with Gasteiger partial charge in [-0.3, -0.25) is 4.90 Å². The van der Waals surface area contributed by atoms with Crippen LogP contribution < -0.4 is 0 Å². The van der Waals surface area contributed by atoms with E-state index in [1.165, 1.54) is 37.9 Å². The third-order valence-corrected chi connectivity index (χ3v) is 3.98. The van der Waals surface area contributed by atoms with Crippen LogP contribution in [0, 0.1) is 6.92 Å². The molecule has 0 aromatic heterocycles. The zero-order valence-electron chi connectivity index (χ0n) is 9.60. The van der Waals surface area contributed by atoms with Crippen molar-refractivity contribution in [3.63, 3.8) is 0 Å². The highest BCUT2D eigenvalue weighted by Crippen LogP contribution is 2.26. The summed E-state index contributed by atoms with van der Waals surface area (Å²) < 4.78 is 0. The van der Waals surface area contributed by atoms with Crippen LogP contribution in [-0.2, 0) is 6.54 Å². The van der Waals surface area contributed by atoms with Gasteiger partial charge in [0.25, 0.3) is 0 Å². The number of piperidine rings is 1. The quantitative estimate of drug-likeness (QED) is 0.765. The van der Waals surface area contributed by atoms with Crippen molar-refractivity contribution in [3.05, 3.63) is 33.3 Å². The summed E-state index contributed by atoms with van der Waals surface area (Å²) >= 11 is 12.3. The van der Waals surface area contributed by atoms with Gasteiger partial charge in [0.1, 0.15) is 0 Å². The Morgan fingerprint density at radius 3 is 2.19 bits per heavy atom. The molecule has 0 amide bonds. The number of likely N-dealkylation sites (tertiary alicyclic amines) is 1. The predicted molar refractivity (Wildman–Crippen MR) is 70.3 cm³/mol. The molecular formula is C13H17Cl2N. The Hall–Kier alpha value is -0.240. The minimum Gasteiger partial charge on any atom is -0.299 e. The second kappa shape index (κ2) is 5.39. The minimum absolute atomic E-state index is 0.777. The van der Waals surface area contributed by atoms with Gasteiger partial charge < -0.3 is 0 Å². The van der Waals surface area contributed by atoms with Crippen LogP contribution in [0.3, 0.4) is 0 Å². The number of hydrogen-bond donors (Lipinski definition) is 0. The summed E-state index contributed by atoms with van der Waals surface area (Å²) in [7, 11) is 0. The molecule has 0 bridgehead atoms. The van der Waals surface area contributed by atoms with E-state index in [-0.39, 0.29) is 0 Å². The average Bonchev–Trinajstić information content (AvgIpc) is 2.27. The standard InChI is InChI=1S/C13H17Cl2N/c1-10-12(14)7-11(8-13(10)15)9-16-5-3-2-4-6-16/h7-8H,2-6,9H2,1H3. The summed E-state index contributed by atoms with van der Waals surface area (Å²) in [5.41, 5.74) is 2.20. The van der Waals surface area contributed by atoms with Gasteiger partial charge in [0.2, 0.25) is 0 Å². The summed E-state index contributed by atoms with van der Waals surface area (Å²) in [6.45, 7) is 5.32. The van der Waals surface area contributed by atoms with Gasteiger partial charge in [-0.05, 0) is 56.1 Å². The van der Waals surface area contributed by atoms with Crippen molar-refractivity contribution in [2.24, 2.45) is 0 Å². The fourth-order valence-electron chi connectivity index (χ4n) is 2.16. The monoisotopic (exact) mass is 257 g/mol. The zero-order chi connectivity index (χ0) is 11.5. The smallest absolute Gasteiger partial charge is 0.0453 e. The van der Waals surface area contributed by atoms with E-state index in [0.717, 1.165) is 22.2 Å². The molecule has 88 valence electrons. The molecule has 1 heterocycles. The van der Waals surface area contributed by atoms with E-state index in [0.29, 0.717) is 0 Å². The third-order valence-electron chi connectivity index (χ3n) is 3.20. The largest absolute Gasteiger partial charge is 0.299 e. The number of halogens is 2. The van der Waals surface area contributed by atoms with E-state index in [1.807, 2.05) is 19.1 Å². The van der Waals surface area contributed by atoms with E-state index in [1.54, 1.807) is 0 Å². The Balaban J connectivity index is 2.09. The highest BCUT2D eigenvalue weighted by atomic mass is 35.5. The van der Waals surface area contributed by atoms with E-state index < -0.39 is 0 Å². The molecule has 0 spiro atoms. The van der Waals surface area contributed by atoms with Crippen LogP contribution in [0.5, 0.6) is 0 Å². The van der Waals surface area contributed by atoms with Crippen LogP contribution in [-0.4, -0.2) is 18.0 Å². The van der Waals surface area contributed by atoms with Crippen LogP contribution in [0.2, 0.25) is 10.0 Å². The lowest BCUT2D eigenvalue weighted by molar-refractivity contribution is 0.221. The molecule has 0 aliphatic carbocycles. The second-order valence-corrected chi connectivity index (χ2v) is 5.34. The molecule has 2 rings (SSSR count). The fourth-order valence-corrected chi connectivity index (χ4v) is 2.70. The molecule has 0 unspecified atom stereocenters. The van der Waals surface area contributed by atoms with E-state index in [9.17, 15) is 0 Å². The lowest BCUT2D eigenvalue weighted by Gasteiger charge is -2.26. The van der Waals surface area contributed by atoms with Crippen LogP contribution in [0.4, 0.5) is 0 Å². The molecule has 16 heavy (non-hydrogen) atoms. The number of nitrogens with zero attached hydrogens (tertiary/aromatic N) is 1. The van der Waals surface area contributed by atoms with Gasteiger partial charge >= 0.3 is 0 Å². The maximum atomic E-state index is 6.13. The lowest BCUT2D eigenvalue weighted by Crippen LogP contribution is -2.29. The van der Waals surface area contributed by atoms with E-state index in [4.69, 9.17) is 23.2 Å². The molecule has 1 aliphatic heterocycles. The normalized spacial score (nSPS) is 17.7. The molecule has 1 saturated heterocycles. The van der Waals surface area contributed by atoms with Crippen LogP contribution in [0.15, 0.2) is 12.1 Å². The molecule has 0 atom stereocenters. The fraction of sp³-hybridized carbons (Fsp3) is 0.538. The van der Waals surface area contributed by atoms with Crippen molar-refractivity contribution in [1.82, 2.24) is 4.90 Å². The second-order valence-electron chi connectivity index (χ2n) is 4.52. The highest BCUT2D eigenvalue weighted by molar-refractivity contribution is 6.36. The molecule has 0 saturated carbocycles. The molecule has 3 heteroatoms. The molecular weight excluding hydrogens is 241 g/mol. The molecule has 1 aromatic carbocycles. The van der Waals surface area contributed by atoms with Gasteiger partial charge in [-0.1, -0.05) is 29.6 Å². The van der Waals surface area contributed by atoms with E-state index >= 15 is 0 Å². The lowest BCUT2D eigenvalue weighted by atomic mass is 10.1. The number of rotatable bonds is 2. The first-order chi connectivity index (χ1) is 7.66. The number of hydrogen-bond acceptors (Lipinski definition) is 1. The highest BCUT2D eigenvalue weighted by Gasteiger charge is 2.12. The maximum Gasteiger partial charge on any atom is 0.0453 e. The maximum absolute atomic E-state index is 6.13. The Bertz CT molecular complexity index is 347. The molecule has 1 nitrogen and oxygen atoms in total. The van der Waals surface area contributed by atoms with Gasteiger partial charge in [-0.25, -0.2) is 0 Å². The Morgan fingerprint density at radius 1 is 1.06 bits per heavy atom. The van der Waals surface area contributed by atoms with E-state index in [2.05, 4.69) is 4.90 Å². The van der Waals surface area contributed by atoms with Gasteiger partial charge in [0.05, 0.1) is 0 Å². The van der Waals surface area contributed by atoms with Crippen LogP contribution in [0.1, 0.15) is 30.4 Å². The Labute approximate surface area is 107 Å². The predicted octanol–water partition coefficient (Wildman–Crippen LogP) is 4.29. The molecule has 0 N–H and O–H groups in total. The summed E-state index contributed by atoms with van der Waals surface area (Å²) in [5, 5.41) is 1.55. The van der Waals surface area contributed by atoms with Gasteiger partial charge in [-0.2, -0.15) is 0 Å². The van der Waals surface area contributed by atoms with Gasteiger partial charge in [0.15, 0.2) is 0 Å². The average molecular weight is 258 g/mol. The van der Waals surface area contributed by atoms with Crippen molar-refractivity contribution in [1.29, 1.82) is 0 Å². The van der Waals surface area contributed by atoms with Crippen molar-refractivity contribution in [2.45, 2.75) is 32.7 Å². The van der Waals surface area contributed by atoms with Crippen molar-refractivity contribution >= 4 is 23.2 Å². The summed E-state index contributed by atoms with van der Waals surface area (Å²) in [6, 6.07) is 4.08. The minimum atomic E-state index is 0.777. The van der Waals surface area contributed by atoms with Crippen molar-refractivity contribution in [3.8, 4) is 0 Å². The first-order valence-corrected chi connectivity index (χ1v) is 6.59. The molecule has 1 aromatic rings.